The van der Waals surface area contributed by atoms with Gasteiger partial charge >= 0.3 is 0 Å². The van der Waals surface area contributed by atoms with E-state index in [9.17, 15) is 0 Å². The standard InChI is InChI=1S/C15H22N2O/c1-11-9-13(6-5-12(11)10-16)17-7-8-18-15-4-2-3-14(15)17/h5-6,9,14-15H,2-4,7-8,10,16H2,1H3. The summed E-state index contributed by atoms with van der Waals surface area (Å²) in [6.07, 6.45) is 4.24. The van der Waals surface area contributed by atoms with Gasteiger partial charge < -0.3 is 15.4 Å². The van der Waals surface area contributed by atoms with Gasteiger partial charge in [-0.15, -0.1) is 0 Å². The molecule has 1 aliphatic carbocycles. The first kappa shape index (κ1) is 12.0. The Morgan fingerprint density at radius 3 is 3.06 bits per heavy atom. The third kappa shape index (κ3) is 2.02. The molecule has 1 aromatic rings. The number of nitrogens with two attached hydrogens (primary N) is 1. The van der Waals surface area contributed by atoms with Gasteiger partial charge in [0.1, 0.15) is 0 Å². The second-order valence-electron chi connectivity index (χ2n) is 5.42. The van der Waals surface area contributed by atoms with Crippen molar-refractivity contribution in [1.82, 2.24) is 0 Å². The van der Waals surface area contributed by atoms with Crippen molar-refractivity contribution in [2.75, 3.05) is 18.1 Å². The molecule has 3 rings (SSSR count). The van der Waals surface area contributed by atoms with Crippen molar-refractivity contribution in [2.24, 2.45) is 5.73 Å². The molecule has 0 spiro atoms. The van der Waals surface area contributed by atoms with Gasteiger partial charge in [-0.1, -0.05) is 6.07 Å². The summed E-state index contributed by atoms with van der Waals surface area (Å²) >= 11 is 0. The molecule has 3 heteroatoms. The van der Waals surface area contributed by atoms with Crippen LogP contribution in [-0.2, 0) is 11.3 Å². The SMILES string of the molecule is Cc1cc(N2CCOC3CCCC32)ccc1CN. The lowest BCUT2D eigenvalue weighted by molar-refractivity contribution is 0.0256. The molecule has 0 bridgehead atoms. The lowest BCUT2D eigenvalue weighted by Gasteiger charge is -2.39. The maximum atomic E-state index is 5.87. The predicted octanol–water partition coefficient (Wildman–Crippen LogP) is 2.21. The number of benzene rings is 1. The van der Waals surface area contributed by atoms with E-state index >= 15 is 0 Å². The number of anilines is 1. The highest BCUT2D eigenvalue weighted by Crippen LogP contribution is 2.33. The summed E-state index contributed by atoms with van der Waals surface area (Å²) in [6, 6.07) is 7.25. The van der Waals surface area contributed by atoms with Crippen molar-refractivity contribution in [3.63, 3.8) is 0 Å². The Kier molecular flexibility index (Phi) is 3.27. The zero-order chi connectivity index (χ0) is 12.5. The molecular formula is C15H22N2O. The smallest absolute Gasteiger partial charge is 0.0779 e. The number of hydrogen-bond donors (Lipinski definition) is 1. The van der Waals surface area contributed by atoms with E-state index in [0.717, 1.165) is 13.2 Å². The van der Waals surface area contributed by atoms with Crippen LogP contribution in [0.4, 0.5) is 5.69 Å². The summed E-state index contributed by atoms with van der Waals surface area (Å²) in [5.41, 5.74) is 9.62. The minimum absolute atomic E-state index is 0.452. The van der Waals surface area contributed by atoms with Crippen LogP contribution in [0.25, 0.3) is 0 Å². The zero-order valence-corrected chi connectivity index (χ0v) is 11.1. The van der Waals surface area contributed by atoms with Gasteiger partial charge in [0.25, 0.3) is 0 Å². The number of morpholine rings is 1. The highest BCUT2D eigenvalue weighted by atomic mass is 16.5. The number of fused-ring (bicyclic) bond motifs is 1. The molecule has 1 heterocycles. The molecule has 2 unspecified atom stereocenters. The fraction of sp³-hybridized carbons (Fsp3) is 0.600. The summed E-state index contributed by atoms with van der Waals surface area (Å²) in [7, 11) is 0. The quantitative estimate of drug-likeness (QED) is 0.869. The van der Waals surface area contributed by atoms with Crippen LogP contribution in [-0.4, -0.2) is 25.3 Å². The van der Waals surface area contributed by atoms with Gasteiger partial charge in [-0.05, 0) is 49.4 Å². The van der Waals surface area contributed by atoms with E-state index in [-0.39, 0.29) is 0 Å². The summed E-state index contributed by atoms with van der Waals surface area (Å²) in [5.74, 6) is 0. The highest BCUT2D eigenvalue weighted by molar-refractivity contribution is 5.52. The van der Waals surface area contributed by atoms with Gasteiger partial charge in [0.05, 0.1) is 18.8 Å². The second-order valence-corrected chi connectivity index (χ2v) is 5.42. The third-order valence-corrected chi connectivity index (χ3v) is 4.36. The van der Waals surface area contributed by atoms with Gasteiger partial charge in [-0.25, -0.2) is 0 Å². The molecule has 0 radical (unpaired) electrons. The average Bonchev–Trinajstić information content (AvgIpc) is 2.86. The highest BCUT2D eigenvalue weighted by Gasteiger charge is 2.36. The van der Waals surface area contributed by atoms with Gasteiger partial charge in [-0.3, -0.25) is 0 Å². The van der Waals surface area contributed by atoms with Crippen molar-refractivity contribution in [3.05, 3.63) is 29.3 Å². The molecule has 2 aliphatic rings. The molecule has 2 N–H and O–H groups in total. The Balaban J connectivity index is 1.87. The van der Waals surface area contributed by atoms with Crippen LogP contribution < -0.4 is 10.6 Å². The van der Waals surface area contributed by atoms with E-state index < -0.39 is 0 Å². The predicted molar refractivity (Wildman–Crippen MR) is 73.8 cm³/mol. The summed E-state index contributed by atoms with van der Waals surface area (Å²) in [5, 5.41) is 0. The maximum absolute atomic E-state index is 5.87. The lowest BCUT2D eigenvalue weighted by Crippen LogP contribution is -2.48. The van der Waals surface area contributed by atoms with E-state index in [2.05, 4.69) is 30.0 Å². The van der Waals surface area contributed by atoms with Crippen LogP contribution in [0.3, 0.4) is 0 Å². The molecule has 1 saturated carbocycles. The Morgan fingerprint density at radius 2 is 2.28 bits per heavy atom. The Morgan fingerprint density at radius 1 is 1.39 bits per heavy atom. The molecule has 98 valence electrons. The van der Waals surface area contributed by atoms with Crippen molar-refractivity contribution in [3.8, 4) is 0 Å². The largest absolute Gasteiger partial charge is 0.374 e. The first-order valence-electron chi connectivity index (χ1n) is 6.97. The van der Waals surface area contributed by atoms with Crippen LogP contribution in [0.15, 0.2) is 18.2 Å². The van der Waals surface area contributed by atoms with Crippen LogP contribution >= 0.6 is 0 Å². The Bertz CT molecular complexity index is 433. The molecule has 0 aromatic heterocycles. The minimum atomic E-state index is 0.452. The third-order valence-electron chi connectivity index (χ3n) is 4.36. The van der Waals surface area contributed by atoms with Gasteiger partial charge in [-0.2, -0.15) is 0 Å². The number of rotatable bonds is 2. The number of aryl methyl sites for hydroxylation is 1. The van der Waals surface area contributed by atoms with E-state index in [1.54, 1.807) is 0 Å². The summed E-state index contributed by atoms with van der Waals surface area (Å²) < 4.78 is 5.87. The molecular weight excluding hydrogens is 224 g/mol. The van der Waals surface area contributed by atoms with Crippen LogP contribution in [0.2, 0.25) is 0 Å². The fourth-order valence-electron chi connectivity index (χ4n) is 3.33. The van der Waals surface area contributed by atoms with Crippen LogP contribution in [0.5, 0.6) is 0 Å². The normalized spacial score (nSPS) is 27.3. The number of nitrogens with zero attached hydrogens (tertiary/aromatic N) is 1. The van der Waals surface area contributed by atoms with Crippen LogP contribution in [0, 0.1) is 6.92 Å². The second kappa shape index (κ2) is 4.90. The molecule has 1 aromatic carbocycles. The molecule has 1 saturated heterocycles. The molecule has 0 amide bonds. The van der Waals surface area contributed by atoms with Gasteiger partial charge in [0.15, 0.2) is 0 Å². The number of ether oxygens (including phenoxy) is 1. The van der Waals surface area contributed by atoms with E-state index in [4.69, 9.17) is 10.5 Å². The van der Waals surface area contributed by atoms with Crippen molar-refractivity contribution >= 4 is 5.69 Å². The number of hydrogen-bond acceptors (Lipinski definition) is 3. The van der Waals surface area contributed by atoms with Crippen LogP contribution in [0.1, 0.15) is 30.4 Å². The molecule has 2 fully saturated rings. The van der Waals surface area contributed by atoms with E-state index in [1.165, 1.54) is 36.1 Å². The zero-order valence-electron chi connectivity index (χ0n) is 11.1. The van der Waals surface area contributed by atoms with E-state index in [1.807, 2.05) is 0 Å². The van der Waals surface area contributed by atoms with E-state index in [0.29, 0.717) is 18.7 Å². The molecule has 1 aliphatic heterocycles. The van der Waals surface area contributed by atoms with Crippen molar-refractivity contribution in [1.29, 1.82) is 0 Å². The summed E-state index contributed by atoms with van der Waals surface area (Å²) in [6.45, 7) is 4.65. The van der Waals surface area contributed by atoms with Gasteiger partial charge in [0, 0.05) is 18.8 Å². The molecule has 18 heavy (non-hydrogen) atoms. The Labute approximate surface area is 109 Å². The fourth-order valence-corrected chi connectivity index (χ4v) is 3.33. The monoisotopic (exact) mass is 246 g/mol. The summed E-state index contributed by atoms with van der Waals surface area (Å²) in [4.78, 5) is 2.54. The van der Waals surface area contributed by atoms with Crippen molar-refractivity contribution < 1.29 is 4.74 Å². The lowest BCUT2D eigenvalue weighted by atomic mass is 10.0. The first-order valence-corrected chi connectivity index (χ1v) is 6.97. The Hall–Kier alpha value is -1.06. The molecule has 3 nitrogen and oxygen atoms in total. The maximum Gasteiger partial charge on any atom is 0.0779 e. The average molecular weight is 246 g/mol. The molecule has 2 atom stereocenters. The topological polar surface area (TPSA) is 38.5 Å². The minimum Gasteiger partial charge on any atom is -0.374 e. The van der Waals surface area contributed by atoms with Crippen molar-refractivity contribution in [2.45, 2.75) is 44.9 Å². The first-order chi connectivity index (χ1) is 8.79. The van der Waals surface area contributed by atoms with Gasteiger partial charge in [0.2, 0.25) is 0 Å².